The summed E-state index contributed by atoms with van der Waals surface area (Å²) in [5.74, 6) is 1.06. The largest absolute Gasteiger partial charge is 0.338 e. The van der Waals surface area contributed by atoms with Crippen molar-refractivity contribution < 1.29 is 0 Å². The maximum atomic E-state index is 4.75. The van der Waals surface area contributed by atoms with Gasteiger partial charge in [-0.25, -0.2) is 4.98 Å². The van der Waals surface area contributed by atoms with Crippen LogP contribution >= 0.6 is 0 Å². The highest BCUT2D eigenvalue weighted by Crippen LogP contribution is 2.26. The summed E-state index contributed by atoms with van der Waals surface area (Å²) in [7, 11) is 0. The number of hydrogen-bond acceptors (Lipinski definition) is 3. The fourth-order valence-electron chi connectivity index (χ4n) is 3.24. The lowest BCUT2D eigenvalue weighted by molar-refractivity contribution is 0.250. The summed E-state index contributed by atoms with van der Waals surface area (Å²) < 4.78 is 0. The number of benzene rings is 1. The average molecular weight is 242 g/mol. The highest BCUT2D eigenvalue weighted by molar-refractivity contribution is 5.77. The van der Waals surface area contributed by atoms with Crippen LogP contribution in [-0.4, -0.2) is 47.1 Å². The molecule has 2 bridgehead atoms. The number of fused-ring (bicyclic) bond motifs is 5. The molecule has 1 aromatic heterocycles. The molecule has 3 aliphatic rings. The predicted molar refractivity (Wildman–Crippen MR) is 72.9 cm³/mol. The number of nitrogens with one attached hydrogen (secondary N) is 1. The molecular formula is C14H18N4. The fourth-order valence-corrected chi connectivity index (χ4v) is 3.24. The molecule has 18 heavy (non-hydrogen) atoms. The van der Waals surface area contributed by atoms with Gasteiger partial charge in [-0.1, -0.05) is 12.1 Å². The SMILES string of the molecule is c1ccc2[nH]c(N3CCN4CCC3CC4)nc2c1. The summed E-state index contributed by atoms with van der Waals surface area (Å²) in [5.41, 5.74) is 2.22. The first-order valence-corrected chi connectivity index (χ1v) is 6.84. The molecule has 0 saturated carbocycles. The number of nitrogens with zero attached hydrogens (tertiary/aromatic N) is 3. The summed E-state index contributed by atoms with van der Waals surface area (Å²) in [6.45, 7) is 4.78. The molecule has 4 heterocycles. The Balaban J connectivity index is 1.72. The third-order valence-electron chi connectivity index (χ3n) is 4.30. The number of aromatic nitrogens is 2. The van der Waals surface area contributed by atoms with E-state index < -0.39 is 0 Å². The Morgan fingerprint density at radius 2 is 1.89 bits per heavy atom. The molecule has 0 aliphatic carbocycles. The van der Waals surface area contributed by atoms with E-state index in [1.807, 2.05) is 6.07 Å². The van der Waals surface area contributed by atoms with Crippen LogP contribution in [0.1, 0.15) is 12.8 Å². The second kappa shape index (κ2) is 3.99. The van der Waals surface area contributed by atoms with E-state index in [0.717, 1.165) is 23.5 Å². The molecular weight excluding hydrogens is 224 g/mol. The minimum atomic E-state index is 0.671. The topological polar surface area (TPSA) is 35.2 Å². The van der Waals surface area contributed by atoms with Gasteiger partial charge in [0.15, 0.2) is 0 Å². The lowest BCUT2D eigenvalue weighted by Gasteiger charge is -2.31. The van der Waals surface area contributed by atoms with Crippen LogP contribution in [0.25, 0.3) is 11.0 Å². The third kappa shape index (κ3) is 1.60. The second-order valence-electron chi connectivity index (χ2n) is 5.34. The Morgan fingerprint density at radius 1 is 1.06 bits per heavy atom. The van der Waals surface area contributed by atoms with Crippen molar-refractivity contribution in [2.75, 3.05) is 31.1 Å². The van der Waals surface area contributed by atoms with Crippen LogP contribution in [0.2, 0.25) is 0 Å². The molecule has 0 radical (unpaired) electrons. The van der Waals surface area contributed by atoms with Gasteiger partial charge in [-0.2, -0.15) is 0 Å². The van der Waals surface area contributed by atoms with Gasteiger partial charge >= 0.3 is 0 Å². The molecule has 4 heteroatoms. The van der Waals surface area contributed by atoms with Crippen molar-refractivity contribution in [3.8, 4) is 0 Å². The van der Waals surface area contributed by atoms with E-state index in [0.29, 0.717) is 6.04 Å². The lowest BCUT2D eigenvalue weighted by Crippen LogP contribution is -2.38. The van der Waals surface area contributed by atoms with E-state index in [4.69, 9.17) is 4.98 Å². The van der Waals surface area contributed by atoms with Crippen molar-refractivity contribution in [3.63, 3.8) is 0 Å². The number of anilines is 1. The van der Waals surface area contributed by atoms with Gasteiger partial charge in [0.1, 0.15) is 0 Å². The van der Waals surface area contributed by atoms with Crippen LogP contribution in [0.5, 0.6) is 0 Å². The summed E-state index contributed by atoms with van der Waals surface area (Å²) in [6.07, 6.45) is 2.55. The van der Waals surface area contributed by atoms with Crippen molar-refractivity contribution in [3.05, 3.63) is 24.3 Å². The Morgan fingerprint density at radius 3 is 2.72 bits per heavy atom. The van der Waals surface area contributed by atoms with Crippen LogP contribution in [0.3, 0.4) is 0 Å². The zero-order valence-corrected chi connectivity index (χ0v) is 10.5. The smallest absolute Gasteiger partial charge is 0.204 e. The molecule has 94 valence electrons. The van der Waals surface area contributed by atoms with E-state index in [9.17, 15) is 0 Å². The van der Waals surface area contributed by atoms with E-state index in [2.05, 4.69) is 33.0 Å². The molecule has 5 rings (SSSR count). The van der Waals surface area contributed by atoms with Crippen molar-refractivity contribution >= 4 is 17.0 Å². The number of rotatable bonds is 1. The monoisotopic (exact) mass is 242 g/mol. The minimum Gasteiger partial charge on any atom is -0.338 e. The van der Waals surface area contributed by atoms with E-state index in [1.54, 1.807) is 0 Å². The van der Waals surface area contributed by atoms with Crippen LogP contribution in [0.15, 0.2) is 24.3 Å². The molecule has 0 spiro atoms. The van der Waals surface area contributed by atoms with Gasteiger partial charge in [0.25, 0.3) is 0 Å². The van der Waals surface area contributed by atoms with E-state index in [-0.39, 0.29) is 0 Å². The second-order valence-corrected chi connectivity index (χ2v) is 5.34. The Labute approximate surface area is 107 Å². The first kappa shape index (κ1) is 10.4. The maximum absolute atomic E-state index is 4.75. The number of para-hydroxylation sites is 2. The van der Waals surface area contributed by atoms with Crippen LogP contribution in [0.4, 0.5) is 5.95 Å². The third-order valence-corrected chi connectivity index (χ3v) is 4.30. The fraction of sp³-hybridized carbons (Fsp3) is 0.500. The zero-order valence-electron chi connectivity index (χ0n) is 10.5. The van der Waals surface area contributed by atoms with Crippen LogP contribution < -0.4 is 4.90 Å². The highest BCUT2D eigenvalue weighted by atomic mass is 15.3. The molecule has 1 N–H and O–H groups in total. The van der Waals surface area contributed by atoms with Crippen molar-refractivity contribution in [2.24, 2.45) is 0 Å². The predicted octanol–water partition coefficient (Wildman–Crippen LogP) is 1.85. The van der Waals surface area contributed by atoms with Crippen molar-refractivity contribution in [1.29, 1.82) is 0 Å². The highest BCUT2D eigenvalue weighted by Gasteiger charge is 2.30. The van der Waals surface area contributed by atoms with Crippen molar-refractivity contribution in [2.45, 2.75) is 18.9 Å². The maximum Gasteiger partial charge on any atom is 0.204 e. The van der Waals surface area contributed by atoms with Crippen LogP contribution in [0, 0.1) is 0 Å². The molecule has 0 atom stereocenters. The van der Waals surface area contributed by atoms with Gasteiger partial charge in [0, 0.05) is 32.2 Å². The lowest BCUT2D eigenvalue weighted by atomic mass is 10.1. The van der Waals surface area contributed by atoms with Gasteiger partial charge < -0.3 is 14.8 Å². The van der Waals surface area contributed by atoms with E-state index >= 15 is 0 Å². The van der Waals surface area contributed by atoms with Gasteiger partial charge in [-0.05, 0) is 25.0 Å². The van der Waals surface area contributed by atoms with Gasteiger partial charge in [-0.3, -0.25) is 0 Å². The molecule has 4 nitrogen and oxygen atoms in total. The first-order valence-electron chi connectivity index (χ1n) is 6.84. The quantitative estimate of drug-likeness (QED) is 0.829. The Bertz CT molecular complexity index is 521. The molecule has 3 saturated heterocycles. The molecule has 2 aromatic rings. The molecule has 1 aromatic carbocycles. The average Bonchev–Trinajstić information content (AvgIpc) is 2.61. The molecule has 3 aliphatic heterocycles. The number of hydrogen-bond donors (Lipinski definition) is 1. The van der Waals surface area contributed by atoms with Gasteiger partial charge in [0.05, 0.1) is 11.0 Å². The van der Waals surface area contributed by atoms with E-state index in [1.165, 1.54) is 32.5 Å². The zero-order chi connectivity index (χ0) is 11.9. The summed E-state index contributed by atoms with van der Waals surface area (Å²) in [5, 5.41) is 0. The summed E-state index contributed by atoms with van der Waals surface area (Å²) in [6, 6.07) is 8.96. The number of imidazole rings is 1. The number of piperidine rings is 1. The minimum absolute atomic E-state index is 0.671. The van der Waals surface area contributed by atoms with Gasteiger partial charge in [-0.15, -0.1) is 0 Å². The van der Waals surface area contributed by atoms with Crippen LogP contribution in [-0.2, 0) is 0 Å². The first-order chi connectivity index (χ1) is 8.90. The molecule has 3 fully saturated rings. The Kier molecular flexibility index (Phi) is 2.30. The number of aromatic amines is 1. The van der Waals surface area contributed by atoms with Gasteiger partial charge in [0.2, 0.25) is 5.95 Å². The van der Waals surface area contributed by atoms with Crippen molar-refractivity contribution in [1.82, 2.24) is 14.9 Å². The summed E-state index contributed by atoms with van der Waals surface area (Å²) >= 11 is 0. The molecule has 0 unspecified atom stereocenters. The molecule has 0 amide bonds. The standard InChI is InChI=1S/C14H18N4/c1-2-4-13-12(3-1)15-14(16-13)18-10-9-17-7-5-11(18)6-8-17/h1-4,11H,5-10H2,(H,15,16). The summed E-state index contributed by atoms with van der Waals surface area (Å²) in [4.78, 5) is 13.3. The normalized spacial score (nSPS) is 27.7. The Hall–Kier alpha value is -1.55. The number of H-pyrrole nitrogens is 1.